The predicted octanol–water partition coefficient (Wildman–Crippen LogP) is 4.56. The molecule has 0 heterocycles. The predicted molar refractivity (Wildman–Crippen MR) is 73.5 cm³/mol. The second-order valence-corrected chi connectivity index (χ2v) is 10.9. The van der Waals surface area contributed by atoms with Crippen molar-refractivity contribution in [2.24, 2.45) is 0 Å². The molecule has 0 aliphatic carbocycles. The van der Waals surface area contributed by atoms with Crippen LogP contribution >= 0.6 is 0 Å². The standard InChI is InChI=1S/C14H19F3OSi/c1-10(19(2,3)4)9-13(18)11-5-7-12(8-6-11)14(15,16)17/h5-8,13,18H,1,9H2,2-4H3/t13-/m0/s1. The topological polar surface area (TPSA) is 20.2 Å². The van der Waals surface area contributed by atoms with Gasteiger partial charge in [-0.05, 0) is 24.1 Å². The zero-order valence-electron chi connectivity index (χ0n) is 11.4. The van der Waals surface area contributed by atoms with Crippen LogP contribution in [0.3, 0.4) is 0 Å². The summed E-state index contributed by atoms with van der Waals surface area (Å²) in [6.07, 6.45) is -4.73. The molecule has 0 saturated carbocycles. The van der Waals surface area contributed by atoms with Crippen molar-refractivity contribution in [3.8, 4) is 0 Å². The quantitative estimate of drug-likeness (QED) is 0.805. The van der Waals surface area contributed by atoms with E-state index < -0.39 is 25.9 Å². The maximum Gasteiger partial charge on any atom is 0.416 e. The summed E-state index contributed by atoms with van der Waals surface area (Å²) in [7, 11) is -1.53. The second-order valence-electron chi connectivity index (χ2n) is 5.69. The SMILES string of the molecule is C=C(C[C@H](O)c1ccc(C(F)(F)F)cc1)[Si](C)(C)C. The highest BCUT2D eigenvalue weighted by Crippen LogP contribution is 2.31. The summed E-state index contributed by atoms with van der Waals surface area (Å²) in [4.78, 5) is 0. The summed E-state index contributed by atoms with van der Waals surface area (Å²) in [6, 6.07) is 4.64. The Bertz CT molecular complexity index is 443. The van der Waals surface area contributed by atoms with E-state index in [4.69, 9.17) is 0 Å². The molecule has 0 amide bonds. The van der Waals surface area contributed by atoms with Crippen LogP contribution < -0.4 is 0 Å². The summed E-state index contributed by atoms with van der Waals surface area (Å²) >= 11 is 0. The number of alkyl halides is 3. The number of rotatable bonds is 4. The minimum atomic E-state index is -4.34. The van der Waals surface area contributed by atoms with Crippen molar-refractivity contribution in [1.82, 2.24) is 0 Å². The number of hydrogen-bond donors (Lipinski definition) is 1. The van der Waals surface area contributed by atoms with Crippen LogP contribution in [0.15, 0.2) is 36.0 Å². The maximum atomic E-state index is 12.4. The highest BCUT2D eigenvalue weighted by molar-refractivity contribution is 6.82. The van der Waals surface area contributed by atoms with Crippen molar-refractivity contribution in [3.05, 3.63) is 47.2 Å². The Labute approximate surface area is 112 Å². The second kappa shape index (κ2) is 5.51. The van der Waals surface area contributed by atoms with Gasteiger partial charge in [-0.25, -0.2) is 0 Å². The largest absolute Gasteiger partial charge is 0.416 e. The maximum absolute atomic E-state index is 12.4. The fourth-order valence-corrected chi connectivity index (χ4v) is 2.36. The van der Waals surface area contributed by atoms with Crippen LogP contribution in [0.25, 0.3) is 0 Å². The Balaban J connectivity index is 2.79. The number of benzene rings is 1. The zero-order chi connectivity index (χ0) is 14.8. The lowest BCUT2D eigenvalue weighted by atomic mass is 10.0. The highest BCUT2D eigenvalue weighted by atomic mass is 28.3. The molecule has 0 aromatic heterocycles. The first-order valence-electron chi connectivity index (χ1n) is 6.05. The van der Waals surface area contributed by atoms with E-state index in [2.05, 4.69) is 26.2 Å². The molecule has 0 bridgehead atoms. The van der Waals surface area contributed by atoms with Crippen LogP contribution in [0, 0.1) is 0 Å². The molecule has 1 N–H and O–H groups in total. The van der Waals surface area contributed by atoms with Crippen molar-refractivity contribution in [3.63, 3.8) is 0 Å². The Kier molecular flexibility index (Phi) is 4.63. The molecule has 0 aliphatic heterocycles. The molecule has 5 heteroatoms. The first-order valence-corrected chi connectivity index (χ1v) is 9.55. The molecule has 1 atom stereocenters. The van der Waals surface area contributed by atoms with E-state index in [-0.39, 0.29) is 0 Å². The number of hydrogen-bond acceptors (Lipinski definition) is 1. The third-order valence-corrected chi connectivity index (χ3v) is 5.45. The van der Waals surface area contributed by atoms with Crippen molar-refractivity contribution in [1.29, 1.82) is 0 Å². The Morgan fingerprint density at radius 2 is 1.68 bits per heavy atom. The van der Waals surface area contributed by atoms with Crippen LogP contribution in [0.1, 0.15) is 23.7 Å². The van der Waals surface area contributed by atoms with Gasteiger partial charge >= 0.3 is 6.18 Å². The van der Waals surface area contributed by atoms with Crippen molar-refractivity contribution in [2.75, 3.05) is 0 Å². The van der Waals surface area contributed by atoms with Crippen LogP contribution in [-0.4, -0.2) is 13.2 Å². The van der Waals surface area contributed by atoms with E-state index >= 15 is 0 Å². The number of aliphatic hydroxyl groups excluding tert-OH is 1. The highest BCUT2D eigenvalue weighted by Gasteiger charge is 2.30. The summed E-state index contributed by atoms with van der Waals surface area (Å²) < 4.78 is 37.2. The molecule has 1 nitrogen and oxygen atoms in total. The molecule has 1 rings (SSSR count). The summed E-state index contributed by atoms with van der Waals surface area (Å²) in [5, 5.41) is 11.0. The Morgan fingerprint density at radius 1 is 1.21 bits per heavy atom. The van der Waals surface area contributed by atoms with E-state index in [1.165, 1.54) is 12.1 Å². The van der Waals surface area contributed by atoms with Crippen LogP contribution in [0.5, 0.6) is 0 Å². The van der Waals surface area contributed by atoms with E-state index in [1.54, 1.807) is 0 Å². The molecule has 0 fully saturated rings. The minimum Gasteiger partial charge on any atom is -0.388 e. The molecule has 0 aliphatic rings. The van der Waals surface area contributed by atoms with Crippen molar-refractivity contribution >= 4 is 8.07 Å². The van der Waals surface area contributed by atoms with E-state index in [1.807, 2.05) is 0 Å². The Hall–Kier alpha value is -1.07. The van der Waals surface area contributed by atoms with Gasteiger partial charge in [0.2, 0.25) is 0 Å². The normalized spacial score (nSPS) is 14.3. The third kappa shape index (κ3) is 4.51. The van der Waals surface area contributed by atoms with Gasteiger partial charge in [0, 0.05) is 0 Å². The molecule has 1 aromatic carbocycles. The zero-order valence-corrected chi connectivity index (χ0v) is 12.4. The van der Waals surface area contributed by atoms with Gasteiger partial charge in [-0.2, -0.15) is 13.2 Å². The molecule has 0 radical (unpaired) electrons. The van der Waals surface area contributed by atoms with E-state index in [0.717, 1.165) is 17.3 Å². The lowest BCUT2D eigenvalue weighted by molar-refractivity contribution is -0.137. The van der Waals surface area contributed by atoms with Gasteiger partial charge in [-0.3, -0.25) is 0 Å². The smallest absolute Gasteiger partial charge is 0.388 e. The molecule has 19 heavy (non-hydrogen) atoms. The fourth-order valence-electron chi connectivity index (χ4n) is 1.55. The first-order chi connectivity index (χ1) is 8.51. The van der Waals surface area contributed by atoms with E-state index in [0.29, 0.717) is 12.0 Å². The van der Waals surface area contributed by atoms with Gasteiger partial charge < -0.3 is 5.11 Å². The van der Waals surface area contributed by atoms with Crippen LogP contribution in [0.4, 0.5) is 13.2 Å². The van der Waals surface area contributed by atoms with Gasteiger partial charge in [-0.1, -0.05) is 37.0 Å². The molecule has 0 spiro atoms. The summed E-state index contributed by atoms with van der Waals surface area (Å²) in [5.41, 5.74) is -0.208. The van der Waals surface area contributed by atoms with Crippen molar-refractivity contribution < 1.29 is 18.3 Å². The first kappa shape index (κ1) is 16.0. The average Bonchev–Trinajstić information content (AvgIpc) is 2.26. The van der Waals surface area contributed by atoms with Gasteiger partial charge in [0.25, 0.3) is 0 Å². The molecular weight excluding hydrogens is 269 g/mol. The number of halogens is 3. The summed E-state index contributed by atoms with van der Waals surface area (Å²) in [5.74, 6) is 0. The lowest BCUT2D eigenvalue weighted by Crippen LogP contribution is -2.24. The van der Waals surface area contributed by atoms with Gasteiger partial charge in [0.05, 0.1) is 19.7 Å². The molecule has 106 valence electrons. The van der Waals surface area contributed by atoms with Crippen LogP contribution in [0.2, 0.25) is 19.6 Å². The lowest BCUT2D eigenvalue weighted by Gasteiger charge is -2.22. The number of aliphatic hydroxyl groups is 1. The third-order valence-electron chi connectivity index (χ3n) is 3.12. The minimum absolute atomic E-state index is 0.404. The Morgan fingerprint density at radius 3 is 2.05 bits per heavy atom. The van der Waals surface area contributed by atoms with E-state index in [9.17, 15) is 18.3 Å². The van der Waals surface area contributed by atoms with Crippen molar-refractivity contribution in [2.45, 2.75) is 38.3 Å². The van der Waals surface area contributed by atoms with Gasteiger partial charge in [-0.15, -0.1) is 6.58 Å². The molecular formula is C14H19F3OSi. The monoisotopic (exact) mass is 288 g/mol. The molecule has 0 unspecified atom stereocenters. The molecule has 0 saturated heterocycles. The van der Waals surface area contributed by atoms with Crippen LogP contribution in [-0.2, 0) is 6.18 Å². The fraction of sp³-hybridized carbons (Fsp3) is 0.429. The average molecular weight is 288 g/mol. The van der Waals surface area contributed by atoms with Gasteiger partial charge in [0.1, 0.15) is 0 Å². The van der Waals surface area contributed by atoms with Gasteiger partial charge in [0.15, 0.2) is 0 Å². The summed E-state index contributed by atoms with van der Waals surface area (Å²) in [6.45, 7) is 10.3. The molecule has 1 aromatic rings.